The van der Waals surface area contributed by atoms with Gasteiger partial charge < -0.3 is 5.32 Å². The summed E-state index contributed by atoms with van der Waals surface area (Å²) in [7, 11) is 0. The Morgan fingerprint density at radius 2 is 1.23 bits per heavy atom. The van der Waals surface area contributed by atoms with E-state index in [0.29, 0.717) is 16.8 Å². The average Bonchev–Trinajstić information content (AvgIpc) is 2.89. The van der Waals surface area contributed by atoms with Crippen LogP contribution < -0.4 is 10.7 Å². The number of hydrazone groups is 1. The lowest BCUT2D eigenvalue weighted by Crippen LogP contribution is -2.22. The fourth-order valence-electron chi connectivity index (χ4n) is 3.96. The molecule has 0 saturated carbocycles. The Labute approximate surface area is 205 Å². The minimum absolute atomic E-state index is 0.0725. The van der Waals surface area contributed by atoms with Crippen molar-refractivity contribution in [2.75, 3.05) is 5.32 Å². The van der Waals surface area contributed by atoms with Crippen LogP contribution in [0.1, 0.15) is 50.2 Å². The zero-order valence-corrected chi connectivity index (χ0v) is 19.7. The van der Waals surface area contributed by atoms with Crippen LogP contribution in [0.4, 0.5) is 5.69 Å². The second-order valence-electron chi connectivity index (χ2n) is 8.29. The van der Waals surface area contributed by atoms with Gasteiger partial charge in [0.1, 0.15) is 0 Å². The van der Waals surface area contributed by atoms with E-state index in [9.17, 15) is 9.59 Å². The van der Waals surface area contributed by atoms with Gasteiger partial charge in [-0.15, -0.1) is 0 Å². The SMILES string of the molecule is C/C(=N\NC(=O)c1ccc(NC(=O)c2ccccc2C)cc1)C(c1ccccc1)c1ccccc1. The van der Waals surface area contributed by atoms with Crippen LogP contribution in [0.2, 0.25) is 0 Å². The number of hydrogen-bond acceptors (Lipinski definition) is 3. The van der Waals surface area contributed by atoms with Crippen molar-refractivity contribution in [1.29, 1.82) is 0 Å². The van der Waals surface area contributed by atoms with Crippen LogP contribution >= 0.6 is 0 Å². The van der Waals surface area contributed by atoms with Crippen LogP contribution in [0, 0.1) is 6.92 Å². The average molecular weight is 462 g/mol. The summed E-state index contributed by atoms with van der Waals surface area (Å²) in [6.07, 6.45) is 0. The maximum Gasteiger partial charge on any atom is 0.271 e. The monoisotopic (exact) mass is 461 g/mol. The molecule has 2 N–H and O–H groups in total. The summed E-state index contributed by atoms with van der Waals surface area (Å²) in [4.78, 5) is 25.3. The molecule has 0 saturated heterocycles. The largest absolute Gasteiger partial charge is 0.322 e. The van der Waals surface area contributed by atoms with Crippen LogP contribution in [0.3, 0.4) is 0 Å². The lowest BCUT2D eigenvalue weighted by Gasteiger charge is -2.18. The number of carbonyl (C=O) groups is 2. The standard InChI is InChI=1S/C30H27N3O2/c1-21-11-9-10-16-27(21)30(35)31-26-19-17-25(18-20-26)29(34)33-32-22(2)28(23-12-5-3-6-13-23)24-14-7-4-8-15-24/h3-20,28H,1-2H3,(H,31,35)(H,33,34)/b32-22+. The van der Waals surface area contributed by atoms with Crippen LogP contribution in [0.15, 0.2) is 114 Å². The molecule has 0 heterocycles. The van der Waals surface area contributed by atoms with Crippen molar-refractivity contribution in [1.82, 2.24) is 5.43 Å². The van der Waals surface area contributed by atoms with E-state index in [1.54, 1.807) is 30.3 Å². The molecule has 174 valence electrons. The third-order valence-electron chi connectivity index (χ3n) is 5.81. The number of rotatable bonds is 7. The highest BCUT2D eigenvalue weighted by Gasteiger charge is 2.18. The summed E-state index contributed by atoms with van der Waals surface area (Å²) < 4.78 is 0. The van der Waals surface area contributed by atoms with E-state index >= 15 is 0 Å². The summed E-state index contributed by atoms with van der Waals surface area (Å²) in [5.41, 5.74) is 8.23. The Hall–Kier alpha value is -4.51. The van der Waals surface area contributed by atoms with Crippen molar-refractivity contribution in [3.05, 3.63) is 137 Å². The summed E-state index contributed by atoms with van der Waals surface area (Å²) >= 11 is 0. The van der Waals surface area contributed by atoms with Gasteiger partial charge in [-0.3, -0.25) is 9.59 Å². The van der Waals surface area contributed by atoms with Crippen molar-refractivity contribution in [3.63, 3.8) is 0 Å². The Morgan fingerprint density at radius 1 is 0.686 bits per heavy atom. The highest BCUT2D eigenvalue weighted by molar-refractivity contribution is 6.05. The Morgan fingerprint density at radius 3 is 1.80 bits per heavy atom. The van der Waals surface area contributed by atoms with Gasteiger partial charge in [-0.05, 0) is 60.9 Å². The molecule has 0 radical (unpaired) electrons. The first-order chi connectivity index (χ1) is 17.0. The first-order valence-corrected chi connectivity index (χ1v) is 11.4. The molecule has 0 aliphatic carbocycles. The quantitative estimate of drug-likeness (QED) is 0.255. The van der Waals surface area contributed by atoms with E-state index in [-0.39, 0.29) is 17.7 Å². The molecule has 4 aromatic carbocycles. The predicted molar refractivity (Wildman–Crippen MR) is 141 cm³/mol. The number of aryl methyl sites for hydroxylation is 1. The minimum atomic E-state index is -0.319. The van der Waals surface area contributed by atoms with Gasteiger partial charge in [0.25, 0.3) is 11.8 Å². The van der Waals surface area contributed by atoms with E-state index in [0.717, 1.165) is 22.4 Å². The molecule has 0 atom stereocenters. The summed E-state index contributed by atoms with van der Waals surface area (Å²) in [6.45, 7) is 3.81. The number of hydrogen-bond donors (Lipinski definition) is 2. The maximum atomic E-state index is 12.7. The molecular formula is C30H27N3O2. The minimum Gasteiger partial charge on any atom is -0.322 e. The van der Waals surface area contributed by atoms with Crippen LogP contribution in [0.25, 0.3) is 0 Å². The van der Waals surface area contributed by atoms with Crippen molar-refractivity contribution in [2.24, 2.45) is 5.10 Å². The number of carbonyl (C=O) groups excluding carboxylic acids is 2. The van der Waals surface area contributed by atoms with Crippen molar-refractivity contribution in [2.45, 2.75) is 19.8 Å². The molecule has 4 aromatic rings. The highest BCUT2D eigenvalue weighted by atomic mass is 16.2. The third-order valence-corrected chi connectivity index (χ3v) is 5.81. The molecule has 0 aliphatic rings. The van der Waals surface area contributed by atoms with Gasteiger partial charge in [0, 0.05) is 28.4 Å². The fourth-order valence-corrected chi connectivity index (χ4v) is 3.96. The van der Waals surface area contributed by atoms with E-state index in [1.807, 2.05) is 68.4 Å². The van der Waals surface area contributed by atoms with Gasteiger partial charge in [0.2, 0.25) is 0 Å². The molecule has 2 amide bonds. The molecule has 0 fully saturated rings. The Balaban J connectivity index is 1.45. The molecule has 35 heavy (non-hydrogen) atoms. The predicted octanol–water partition coefficient (Wildman–Crippen LogP) is 6.19. The molecule has 0 bridgehead atoms. The second-order valence-corrected chi connectivity index (χ2v) is 8.29. The molecule has 5 heteroatoms. The second kappa shape index (κ2) is 11.1. The number of nitrogens with one attached hydrogen (secondary N) is 2. The first kappa shape index (κ1) is 23.6. The van der Waals surface area contributed by atoms with Crippen molar-refractivity contribution < 1.29 is 9.59 Å². The summed E-state index contributed by atoms with van der Waals surface area (Å²) in [5, 5.41) is 7.29. The van der Waals surface area contributed by atoms with Gasteiger partial charge >= 0.3 is 0 Å². The number of nitrogens with zero attached hydrogens (tertiary/aromatic N) is 1. The van der Waals surface area contributed by atoms with E-state index < -0.39 is 0 Å². The van der Waals surface area contributed by atoms with E-state index in [4.69, 9.17) is 0 Å². The van der Waals surface area contributed by atoms with Gasteiger partial charge in [-0.25, -0.2) is 5.43 Å². The summed E-state index contributed by atoms with van der Waals surface area (Å²) in [6, 6.07) is 34.3. The molecule has 0 unspecified atom stereocenters. The molecule has 5 nitrogen and oxygen atoms in total. The zero-order chi connectivity index (χ0) is 24.6. The van der Waals surface area contributed by atoms with E-state index in [1.165, 1.54) is 0 Å². The lowest BCUT2D eigenvalue weighted by molar-refractivity contribution is 0.0954. The van der Waals surface area contributed by atoms with Gasteiger partial charge in [0.05, 0.1) is 0 Å². The van der Waals surface area contributed by atoms with Gasteiger partial charge in [-0.2, -0.15) is 5.10 Å². The molecule has 0 spiro atoms. The van der Waals surface area contributed by atoms with Crippen LogP contribution in [-0.2, 0) is 0 Å². The third kappa shape index (κ3) is 5.89. The molecule has 0 aromatic heterocycles. The summed E-state index contributed by atoms with van der Waals surface area (Å²) in [5.74, 6) is -0.578. The van der Waals surface area contributed by atoms with Gasteiger partial charge in [-0.1, -0.05) is 78.9 Å². The molecular weight excluding hydrogens is 434 g/mol. The first-order valence-electron chi connectivity index (χ1n) is 11.4. The molecule has 0 aliphatic heterocycles. The Bertz CT molecular complexity index is 1290. The highest BCUT2D eigenvalue weighted by Crippen LogP contribution is 2.26. The van der Waals surface area contributed by atoms with E-state index in [2.05, 4.69) is 40.1 Å². The van der Waals surface area contributed by atoms with Crippen molar-refractivity contribution in [3.8, 4) is 0 Å². The maximum absolute atomic E-state index is 12.7. The molecule has 4 rings (SSSR count). The zero-order valence-electron chi connectivity index (χ0n) is 19.7. The number of benzene rings is 4. The number of anilines is 1. The topological polar surface area (TPSA) is 70.6 Å². The van der Waals surface area contributed by atoms with Crippen LogP contribution in [0.5, 0.6) is 0 Å². The van der Waals surface area contributed by atoms with Crippen LogP contribution in [-0.4, -0.2) is 17.5 Å². The Kier molecular flexibility index (Phi) is 7.48. The fraction of sp³-hybridized carbons (Fsp3) is 0.100. The van der Waals surface area contributed by atoms with Gasteiger partial charge in [0.15, 0.2) is 0 Å². The van der Waals surface area contributed by atoms with Crippen molar-refractivity contribution >= 4 is 23.2 Å². The lowest BCUT2D eigenvalue weighted by atomic mass is 9.88. The normalized spacial score (nSPS) is 11.2. The number of amides is 2. The smallest absolute Gasteiger partial charge is 0.271 e.